The molecule has 0 spiro atoms. The zero-order chi connectivity index (χ0) is 14.3. The van der Waals surface area contributed by atoms with Gasteiger partial charge in [-0.3, -0.25) is 0 Å². The van der Waals surface area contributed by atoms with Crippen LogP contribution in [0.15, 0.2) is 48.5 Å². The lowest BCUT2D eigenvalue weighted by atomic mass is 9.99. The van der Waals surface area contributed by atoms with E-state index < -0.39 is 0 Å². The van der Waals surface area contributed by atoms with Crippen LogP contribution in [-0.4, -0.2) is 20.4 Å². The van der Waals surface area contributed by atoms with E-state index >= 15 is 0 Å². The van der Waals surface area contributed by atoms with E-state index in [0.29, 0.717) is 10.9 Å². The van der Waals surface area contributed by atoms with Crippen LogP contribution in [0, 0.1) is 0 Å². The Balaban J connectivity index is 2.28. The Morgan fingerprint density at radius 2 is 1.35 bits per heavy atom. The van der Waals surface area contributed by atoms with Crippen molar-refractivity contribution in [1.82, 2.24) is 0 Å². The van der Waals surface area contributed by atoms with Gasteiger partial charge in [0.25, 0.3) is 0 Å². The Bertz CT molecular complexity index is 792. The van der Waals surface area contributed by atoms with Crippen LogP contribution < -0.4 is 0 Å². The van der Waals surface area contributed by atoms with Crippen LogP contribution in [0.25, 0.3) is 21.9 Å². The van der Waals surface area contributed by atoms with Crippen LogP contribution in [0.5, 0.6) is 23.0 Å². The molecule has 100 valence electrons. The first-order valence-corrected chi connectivity index (χ1v) is 6.03. The SMILES string of the molecule is Oc1ccc(-c2ccc3cc(O)cc(O)c3c2O)cc1. The van der Waals surface area contributed by atoms with E-state index in [9.17, 15) is 20.4 Å². The van der Waals surface area contributed by atoms with Gasteiger partial charge in [0, 0.05) is 11.6 Å². The van der Waals surface area contributed by atoms with Crippen LogP contribution in [-0.2, 0) is 0 Å². The lowest BCUT2D eigenvalue weighted by Gasteiger charge is -2.10. The van der Waals surface area contributed by atoms with E-state index in [1.54, 1.807) is 24.3 Å². The fraction of sp³-hybridized carbons (Fsp3) is 0. The van der Waals surface area contributed by atoms with E-state index in [2.05, 4.69) is 0 Å². The van der Waals surface area contributed by atoms with Gasteiger partial charge in [0.1, 0.15) is 23.0 Å². The Morgan fingerprint density at radius 1 is 0.650 bits per heavy atom. The van der Waals surface area contributed by atoms with Crippen LogP contribution in [0.2, 0.25) is 0 Å². The van der Waals surface area contributed by atoms with Gasteiger partial charge in [-0.2, -0.15) is 0 Å². The lowest BCUT2D eigenvalue weighted by Crippen LogP contribution is -1.83. The van der Waals surface area contributed by atoms with Crippen LogP contribution in [0.3, 0.4) is 0 Å². The molecule has 0 fully saturated rings. The van der Waals surface area contributed by atoms with Crippen molar-refractivity contribution in [1.29, 1.82) is 0 Å². The first-order chi connectivity index (χ1) is 9.56. The van der Waals surface area contributed by atoms with E-state index in [1.807, 2.05) is 0 Å². The number of benzene rings is 3. The maximum Gasteiger partial charge on any atom is 0.134 e. The predicted octanol–water partition coefficient (Wildman–Crippen LogP) is 3.33. The molecule has 3 aromatic rings. The molecule has 0 saturated carbocycles. The monoisotopic (exact) mass is 268 g/mol. The van der Waals surface area contributed by atoms with E-state index in [0.717, 1.165) is 5.56 Å². The second-order valence-electron chi connectivity index (χ2n) is 4.57. The van der Waals surface area contributed by atoms with Crippen molar-refractivity contribution in [3.63, 3.8) is 0 Å². The quantitative estimate of drug-likeness (QED) is 0.545. The maximum atomic E-state index is 10.3. The third kappa shape index (κ3) is 1.87. The van der Waals surface area contributed by atoms with Gasteiger partial charge in [0.05, 0.1) is 5.39 Å². The molecular weight excluding hydrogens is 256 g/mol. The molecule has 20 heavy (non-hydrogen) atoms. The zero-order valence-electron chi connectivity index (χ0n) is 10.4. The molecule has 0 heterocycles. The van der Waals surface area contributed by atoms with Crippen molar-refractivity contribution in [2.24, 2.45) is 0 Å². The van der Waals surface area contributed by atoms with Crippen molar-refractivity contribution in [2.45, 2.75) is 0 Å². The Morgan fingerprint density at radius 3 is 2.05 bits per heavy atom. The number of hydrogen-bond donors (Lipinski definition) is 4. The largest absolute Gasteiger partial charge is 0.508 e. The normalized spacial score (nSPS) is 10.8. The summed E-state index contributed by atoms with van der Waals surface area (Å²) >= 11 is 0. The van der Waals surface area contributed by atoms with Crippen molar-refractivity contribution in [3.05, 3.63) is 48.5 Å². The Labute approximate surface area is 114 Å². The molecule has 0 aliphatic heterocycles. The summed E-state index contributed by atoms with van der Waals surface area (Å²) in [5.74, 6) is -0.169. The van der Waals surface area contributed by atoms with Crippen LogP contribution in [0.1, 0.15) is 0 Å². The van der Waals surface area contributed by atoms with E-state index in [-0.39, 0.29) is 28.4 Å². The number of phenolic OH excluding ortho intramolecular Hbond substituents is 4. The minimum absolute atomic E-state index is 0.0632. The molecule has 0 aliphatic carbocycles. The lowest BCUT2D eigenvalue weighted by molar-refractivity contribution is 0.449. The minimum atomic E-state index is -0.182. The molecule has 0 bridgehead atoms. The van der Waals surface area contributed by atoms with Gasteiger partial charge in [-0.1, -0.05) is 24.3 Å². The first kappa shape index (κ1) is 12.2. The molecule has 0 saturated heterocycles. The average Bonchev–Trinajstić information content (AvgIpc) is 2.39. The summed E-state index contributed by atoms with van der Waals surface area (Å²) < 4.78 is 0. The molecule has 4 nitrogen and oxygen atoms in total. The van der Waals surface area contributed by atoms with E-state index in [4.69, 9.17) is 0 Å². The number of aromatic hydroxyl groups is 4. The first-order valence-electron chi connectivity index (χ1n) is 6.03. The van der Waals surface area contributed by atoms with Gasteiger partial charge in [-0.25, -0.2) is 0 Å². The van der Waals surface area contributed by atoms with Gasteiger partial charge in [0.2, 0.25) is 0 Å². The Hall–Kier alpha value is -2.88. The molecule has 0 radical (unpaired) electrons. The molecule has 0 aliphatic rings. The molecule has 0 aromatic heterocycles. The molecule has 0 atom stereocenters. The number of fused-ring (bicyclic) bond motifs is 1. The highest BCUT2D eigenvalue weighted by Gasteiger charge is 2.13. The summed E-state index contributed by atoms with van der Waals surface area (Å²) in [6.45, 7) is 0. The van der Waals surface area contributed by atoms with Gasteiger partial charge >= 0.3 is 0 Å². The van der Waals surface area contributed by atoms with Crippen molar-refractivity contribution in [2.75, 3.05) is 0 Å². The second-order valence-corrected chi connectivity index (χ2v) is 4.57. The number of hydrogen-bond acceptors (Lipinski definition) is 4. The molecule has 3 aromatic carbocycles. The van der Waals surface area contributed by atoms with Gasteiger partial charge < -0.3 is 20.4 Å². The molecule has 4 N–H and O–H groups in total. The molecule has 4 heteroatoms. The summed E-state index contributed by atoms with van der Waals surface area (Å²) in [6.07, 6.45) is 0. The highest BCUT2D eigenvalue weighted by molar-refractivity contribution is 5.99. The van der Waals surface area contributed by atoms with Crippen molar-refractivity contribution in [3.8, 4) is 34.1 Å². The summed E-state index contributed by atoms with van der Waals surface area (Å²) in [5.41, 5.74) is 1.26. The highest BCUT2D eigenvalue weighted by atomic mass is 16.3. The van der Waals surface area contributed by atoms with Crippen molar-refractivity contribution >= 4 is 10.8 Å². The van der Waals surface area contributed by atoms with E-state index in [1.165, 1.54) is 24.3 Å². The van der Waals surface area contributed by atoms with Gasteiger partial charge in [0.15, 0.2) is 0 Å². The molecule has 0 unspecified atom stereocenters. The fourth-order valence-electron chi connectivity index (χ4n) is 2.28. The maximum absolute atomic E-state index is 10.3. The summed E-state index contributed by atoms with van der Waals surface area (Å²) in [7, 11) is 0. The molecule has 3 rings (SSSR count). The molecular formula is C16H12O4. The smallest absolute Gasteiger partial charge is 0.134 e. The zero-order valence-corrected chi connectivity index (χ0v) is 10.4. The standard InChI is InChI=1S/C16H12O4/c17-11-4-1-9(2-5-11)13-6-3-10-7-12(18)8-14(19)15(10)16(13)20/h1-8,17-20H. The topological polar surface area (TPSA) is 80.9 Å². The van der Waals surface area contributed by atoms with Gasteiger partial charge in [-0.05, 0) is 29.1 Å². The fourth-order valence-corrected chi connectivity index (χ4v) is 2.28. The highest BCUT2D eigenvalue weighted by Crippen LogP contribution is 2.41. The molecule has 0 amide bonds. The number of phenols is 4. The minimum Gasteiger partial charge on any atom is -0.508 e. The third-order valence-electron chi connectivity index (χ3n) is 3.23. The number of rotatable bonds is 1. The second kappa shape index (κ2) is 4.35. The van der Waals surface area contributed by atoms with Crippen LogP contribution >= 0.6 is 0 Å². The summed E-state index contributed by atoms with van der Waals surface area (Å²) in [6, 6.07) is 12.4. The summed E-state index contributed by atoms with van der Waals surface area (Å²) in [5, 5.41) is 39.8. The third-order valence-corrected chi connectivity index (χ3v) is 3.23. The van der Waals surface area contributed by atoms with Crippen LogP contribution in [0.4, 0.5) is 0 Å². The summed E-state index contributed by atoms with van der Waals surface area (Å²) in [4.78, 5) is 0. The average molecular weight is 268 g/mol. The van der Waals surface area contributed by atoms with Crippen molar-refractivity contribution < 1.29 is 20.4 Å². The van der Waals surface area contributed by atoms with Gasteiger partial charge in [-0.15, -0.1) is 0 Å². The Kier molecular flexibility index (Phi) is 2.64. The predicted molar refractivity (Wildman–Crippen MR) is 76.0 cm³/mol.